The van der Waals surface area contributed by atoms with E-state index in [0.29, 0.717) is 0 Å². The topological polar surface area (TPSA) is 24.7 Å². The minimum absolute atomic E-state index is 1.36. The van der Waals surface area contributed by atoms with Gasteiger partial charge in [0.2, 0.25) is 0 Å². The Bertz CT molecular complexity index is 57.2. The molecule has 0 aromatic heterocycles. The van der Waals surface area contributed by atoms with E-state index in [1.165, 1.54) is 6.34 Å². The lowest BCUT2D eigenvalue weighted by Crippen LogP contribution is -1.58. The maximum Gasteiger partial charge on any atom is 0.122 e. The lowest BCUT2D eigenvalue weighted by molar-refractivity contribution is 1.74. The molecule has 0 heterocycles. The van der Waals surface area contributed by atoms with Gasteiger partial charge < -0.3 is 0 Å². The zero-order valence-electron chi connectivity index (χ0n) is 3.50. The van der Waals surface area contributed by atoms with E-state index in [2.05, 4.69) is 22.2 Å². The molecule has 0 fully saturated rings. The van der Waals surface area contributed by atoms with Crippen LogP contribution in [0.1, 0.15) is 6.92 Å². The molecule has 0 rings (SSSR count). The van der Waals surface area contributed by atoms with E-state index in [4.69, 9.17) is 0 Å². The van der Waals surface area contributed by atoms with Gasteiger partial charge in [-0.25, -0.2) is 9.39 Å². The van der Waals surface area contributed by atoms with Crippen molar-refractivity contribution in [3.63, 3.8) is 0 Å². The SMILES string of the molecule is CC=NC=NS. The van der Waals surface area contributed by atoms with Crippen LogP contribution in [-0.4, -0.2) is 12.6 Å². The Morgan fingerprint density at radius 3 is 2.50 bits per heavy atom. The number of aliphatic imine (C=N–C) groups is 1. The molecule has 0 unspecified atom stereocenters. The van der Waals surface area contributed by atoms with Crippen LogP contribution in [0.2, 0.25) is 0 Å². The maximum absolute atomic E-state index is 3.60. The molecule has 0 aliphatic carbocycles. The standard InChI is InChI=1S/C3H6N2S/c1-2-4-3-5-6/h2-3,6H,1H3. The fraction of sp³-hybridized carbons (Fsp3) is 0.333. The van der Waals surface area contributed by atoms with E-state index >= 15 is 0 Å². The first-order valence-corrected chi connectivity index (χ1v) is 1.95. The summed E-state index contributed by atoms with van der Waals surface area (Å²) in [5.41, 5.74) is 0. The summed E-state index contributed by atoms with van der Waals surface area (Å²) in [6.07, 6.45) is 3.00. The summed E-state index contributed by atoms with van der Waals surface area (Å²) in [6.45, 7) is 1.81. The van der Waals surface area contributed by atoms with Crippen LogP contribution in [0, 0.1) is 0 Å². The molecule has 0 aromatic rings. The number of hydrogen-bond donors (Lipinski definition) is 1. The molecular weight excluding hydrogens is 96.1 g/mol. The number of hydrogen-bond acceptors (Lipinski definition) is 2. The normalized spacial score (nSPS) is 11.7. The molecule has 2 nitrogen and oxygen atoms in total. The van der Waals surface area contributed by atoms with Crippen molar-refractivity contribution in [3.8, 4) is 0 Å². The predicted octanol–water partition coefficient (Wildman–Crippen LogP) is 0.950. The molecule has 0 atom stereocenters. The van der Waals surface area contributed by atoms with Crippen LogP contribution in [0.15, 0.2) is 9.39 Å². The van der Waals surface area contributed by atoms with Crippen LogP contribution >= 0.6 is 12.8 Å². The zero-order valence-corrected chi connectivity index (χ0v) is 4.39. The molecule has 34 valence electrons. The van der Waals surface area contributed by atoms with Crippen molar-refractivity contribution >= 4 is 25.4 Å². The number of thiol groups is 1. The van der Waals surface area contributed by atoms with E-state index in [9.17, 15) is 0 Å². The van der Waals surface area contributed by atoms with Crippen LogP contribution in [-0.2, 0) is 0 Å². The van der Waals surface area contributed by atoms with Gasteiger partial charge in [0.25, 0.3) is 0 Å². The second kappa shape index (κ2) is 4.69. The van der Waals surface area contributed by atoms with Crippen LogP contribution in [0.5, 0.6) is 0 Å². The highest BCUT2D eigenvalue weighted by molar-refractivity contribution is 7.78. The van der Waals surface area contributed by atoms with Crippen molar-refractivity contribution in [3.05, 3.63) is 0 Å². The molecule has 3 heteroatoms. The summed E-state index contributed by atoms with van der Waals surface area (Å²) in [4.78, 5) is 3.60. The molecule has 0 amide bonds. The van der Waals surface area contributed by atoms with E-state index in [0.717, 1.165) is 0 Å². The number of rotatable bonds is 1. The molecule has 0 aliphatic rings. The Kier molecular flexibility index (Phi) is 4.45. The third-order valence-electron chi connectivity index (χ3n) is 0.267. The number of nitrogens with zero attached hydrogens (tertiary/aromatic N) is 2. The average molecular weight is 102 g/mol. The van der Waals surface area contributed by atoms with E-state index in [1.54, 1.807) is 6.21 Å². The van der Waals surface area contributed by atoms with Crippen LogP contribution < -0.4 is 0 Å². The molecule has 0 N–H and O–H groups in total. The fourth-order valence-corrected chi connectivity index (χ4v) is 0.156. The van der Waals surface area contributed by atoms with Crippen molar-refractivity contribution in [1.29, 1.82) is 0 Å². The maximum atomic E-state index is 3.60. The van der Waals surface area contributed by atoms with Gasteiger partial charge in [0, 0.05) is 6.21 Å². The Morgan fingerprint density at radius 2 is 2.33 bits per heavy atom. The lowest BCUT2D eigenvalue weighted by Gasteiger charge is -1.63. The molecule has 0 aromatic carbocycles. The van der Waals surface area contributed by atoms with Gasteiger partial charge in [-0.2, -0.15) is 0 Å². The van der Waals surface area contributed by atoms with Crippen LogP contribution in [0.3, 0.4) is 0 Å². The summed E-state index contributed by atoms with van der Waals surface area (Å²) in [5.74, 6) is 0. The molecule has 0 bridgehead atoms. The summed E-state index contributed by atoms with van der Waals surface area (Å²) in [7, 11) is 0. The Hall–Kier alpha value is -0.310. The average Bonchev–Trinajstić information content (AvgIpc) is 1.61. The smallest absolute Gasteiger partial charge is 0.122 e. The highest BCUT2D eigenvalue weighted by Gasteiger charge is 1.49. The molecule has 6 heavy (non-hydrogen) atoms. The fourth-order valence-electron chi connectivity index (χ4n) is 0.0965. The van der Waals surface area contributed by atoms with Crippen LogP contribution in [0.4, 0.5) is 0 Å². The van der Waals surface area contributed by atoms with Gasteiger partial charge in [0.15, 0.2) is 0 Å². The first-order chi connectivity index (χ1) is 2.91. The monoisotopic (exact) mass is 102 g/mol. The predicted molar refractivity (Wildman–Crippen MR) is 31.6 cm³/mol. The second-order valence-corrected chi connectivity index (χ2v) is 0.869. The Balaban J connectivity index is 3.07. The highest BCUT2D eigenvalue weighted by Crippen LogP contribution is 1.66. The molecule has 0 radical (unpaired) electrons. The van der Waals surface area contributed by atoms with E-state index < -0.39 is 0 Å². The van der Waals surface area contributed by atoms with Crippen molar-refractivity contribution in [2.24, 2.45) is 9.39 Å². The quantitative estimate of drug-likeness (QED) is 0.290. The minimum Gasteiger partial charge on any atom is -0.249 e. The van der Waals surface area contributed by atoms with Crippen molar-refractivity contribution in [2.45, 2.75) is 6.92 Å². The summed E-state index contributed by atoms with van der Waals surface area (Å²) in [5, 5.41) is 0. The van der Waals surface area contributed by atoms with Gasteiger partial charge in [-0.3, -0.25) is 0 Å². The molecule has 0 aliphatic heterocycles. The Morgan fingerprint density at radius 1 is 1.67 bits per heavy atom. The Labute approximate surface area is 42.6 Å². The van der Waals surface area contributed by atoms with Gasteiger partial charge in [0.05, 0.1) is 0 Å². The summed E-state index contributed by atoms with van der Waals surface area (Å²) in [6, 6.07) is 0. The largest absolute Gasteiger partial charge is 0.249 e. The third kappa shape index (κ3) is 3.69. The van der Waals surface area contributed by atoms with Gasteiger partial charge in [-0.1, -0.05) is 0 Å². The highest BCUT2D eigenvalue weighted by atomic mass is 32.1. The van der Waals surface area contributed by atoms with E-state index in [-0.39, 0.29) is 0 Å². The van der Waals surface area contributed by atoms with Crippen molar-refractivity contribution < 1.29 is 0 Å². The third-order valence-corrected chi connectivity index (χ3v) is 0.371. The van der Waals surface area contributed by atoms with Gasteiger partial charge in [-0.05, 0) is 19.7 Å². The van der Waals surface area contributed by atoms with E-state index in [1.807, 2.05) is 6.92 Å². The minimum atomic E-state index is 1.36. The van der Waals surface area contributed by atoms with Gasteiger partial charge >= 0.3 is 0 Å². The molecule has 0 spiro atoms. The first-order valence-electron chi connectivity index (χ1n) is 1.55. The molecule has 0 saturated heterocycles. The molecular formula is C3H6N2S. The van der Waals surface area contributed by atoms with Gasteiger partial charge in [-0.15, -0.1) is 0 Å². The van der Waals surface area contributed by atoms with Crippen LogP contribution in [0.25, 0.3) is 0 Å². The molecule has 0 saturated carbocycles. The first kappa shape index (κ1) is 5.69. The van der Waals surface area contributed by atoms with Crippen molar-refractivity contribution in [1.82, 2.24) is 0 Å². The van der Waals surface area contributed by atoms with Gasteiger partial charge in [0.1, 0.15) is 6.34 Å². The second-order valence-electron chi connectivity index (χ2n) is 0.638. The van der Waals surface area contributed by atoms with Crippen molar-refractivity contribution in [2.75, 3.05) is 0 Å². The summed E-state index contributed by atoms with van der Waals surface area (Å²) < 4.78 is 3.30. The lowest BCUT2D eigenvalue weighted by atomic mass is 10.9. The zero-order chi connectivity index (χ0) is 4.83. The summed E-state index contributed by atoms with van der Waals surface area (Å²) >= 11 is 3.51.